The molecule has 0 aliphatic heterocycles. The van der Waals surface area contributed by atoms with E-state index >= 15 is 0 Å². The van der Waals surface area contributed by atoms with Crippen molar-refractivity contribution in [3.05, 3.63) is 89.7 Å². The molecule has 3 aromatic carbocycles. The number of hydrogen-bond donors (Lipinski definition) is 3. The number of hydrogen-bond acceptors (Lipinski definition) is 6. The minimum absolute atomic E-state index is 0.190. The predicted octanol–water partition coefficient (Wildman–Crippen LogP) is 6.79. The number of rotatable bonds is 13. The number of carbonyl (C=O) groups is 1. The van der Waals surface area contributed by atoms with Crippen molar-refractivity contribution >= 4 is 18.0 Å². The molecule has 0 spiro atoms. The maximum absolute atomic E-state index is 12.4. The Morgan fingerprint density at radius 3 is 2.40 bits per heavy atom. The van der Waals surface area contributed by atoms with Gasteiger partial charge in [-0.3, -0.25) is 4.72 Å². The molecule has 0 saturated carbocycles. The average molecular weight is 613 g/mol. The fourth-order valence-corrected chi connectivity index (χ4v) is 5.17. The molecule has 0 atom stereocenters. The quantitative estimate of drug-likeness (QED) is 0.114. The number of aromatic nitrogens is 3. The van der Waals surface area contributed by atoms with E-state index in [9.17, 15) is 18.0 Å². The first kappa shape index (κ1) is 31.9. The Hall–Kier alpha value is -4.03. The molecule has 2 amide bonds. The molecular weight excluding hydrogens is 577 g/mol. The van der Waals surface area contributed by atoms with Gasteiger partial charge in [0.05, 0.1) is 5.69 Å². The van der Waals surface area contributed by atoms with Crippen LogP contribution in [0.25, 0.3) is 17.1 Å². The number of nitrogens with zero attached hydrogens (tertiary/aromatic N) is 3. The van der Waals surface area contributed by atoms with Gasteiger partial charge in [0, 0.05) is 30.1 Å². The molecule has 3 N–H and O–H groups in total. The number of amides is 2. The van der Waals surface area contributed by atoms with Crippen LogP contribution in [0.4, 0.5) is 18.0 Å². The van der Waals surface area contributed by atoms with Gasteiger partial charge in [-0.1, -0.05) is 55.8 Å². The normalized spacial score (nSPS) is 11.5. The van der Waals surface area contributed by atoms with Gasteiger partial charge >= 0.3 is 12.4 Å². The van der Waals surface area contributed by atoms with Crippen LogP contribution in [-0.4, -0.2) is 46.8 Å². The van der Waals surface area contributed by atoms with Crippen LogP contribution >= 0.6 is 11.9 Å². The second kappa shape index (κ2) is 14.9. The Morgan fingerprint density at radius 2 is 1.70 bits per heavy atom. The number of benzene rings is 3. The molecule has 43 heavy (non-hydrogen) atoms. The smallest absolute Gasteiger partial charge is 0.406 e. The van der Waals surface area contributed by atoms with E-state index in [-0.39, 0.29) is 11.8 Å². The second-order valence-electron chi connectivity index (χ2n) is 10.2. The molecule has 1 heterocycles. The van der Waals surface area contributed by atoms with Gasteiger partial charge < -0.3 is 15.4 Å². The van der Waals surface area contributed by atoms with Crippen LogP contribution in [-0.2, 0) is 6.42 Å². The number of ether oxygens (including phenoxy) is 1. The SMILES string of the molecule is Cc1ccc(SNCCNC(=O)NCCCc2ccc(-c3ncn(-c4ccc(OC(F)(F)F)cc4)n3)cc2)c(C(C)C)c1. The van der Waals surface area contributed by atoms with Crippen molar-refractivity contribution < 1.29 is 22.7 Å². The summed E-state index contributed by atoms with van der Waals surface area (Å²) in [5.74, 6) is 0.636. The standard InChI is InChI=1S/C31H35F3N6O2S/c1-21(2)27-19-22(3)6-15-28(27)43-38-18-17-36-30(41)35-16-4-5-23-7-9-24(10-8-23)29-37-20-40(39-29)25-11-13-26(14-12-25)42-31(32,33)34/h6-15,19-21,38H,4-5,16-18H2,1-3H3,(H2,35,36,41). The highest BCUT2D eigenvalue weighted by molar-refractivity contribution is 7.97. The molecular formula is C31H35F3N6O2S. The molecule has 0 saturated heterocycles. The number of aryl methyl sites for hydroxylation is 2. The Bertz CT molecular complexity index is 1470. The molecule has 12 heteroatoms. The van der Waals surface area contributed by atoms with Gasteiger partial charge in [0.1, 0.15) is 12.1 Å². The number of alkyl halides is 3. The van der Waals surface area contributed by atoms with E-state index in [1.165, 1.54) is 51.3 Å². The van der Waals surface area contributed by atoms with Crippen molar-refractivity contribution in [3.63, 3.8) is 0 Å². The summed E-state index contributed by atoms with van der Waals surface area (Å²) in [5.41, 5.74) is 5.05. The third kappa shape index (κ3) is 10.0. The van der Waals surface area contributed by atoms with E-state index in [0.717, 1.165) is 24.0 Å². The molecule has 0 fully saturated rings. The van der Waals surface area contributed by atoms with Crippen LogP contribution in [0.5, 0.6) is 5.75 Å². The van der Waals surface area contributed by atoms with Crippen LogP contribution in [0.2, 0.25) is 0 Å². The van der Waals surface area contributed by atoms with Crippen molar-refractivity contribution in [2.45, 2.75) is 50.8 Å². The van der Waals surface area contributed by atoms with E-state index in [1.54, 1.807) is 11.9 Å². The average Bonchev–Trinajstić information content (AvgIpc) is 3.46. The molecule has 8 nitrogen and oxygen atoms in total. The van der Waals surface area contributed by atoms with Crippen molar-refractivity contribution in [1.29, 1.82) is 0 Å². The lowest BCUT2D eigenvalue weighted by atomic mass is 10.0. The van der Waals surface area contributed by atoms with Crippen LogP contribution in [0.1, 0.15) is 42.9 Å². The molecule has 0 radical (unpaired) electrons. The Balaban J connectivity index is 1.13. The Morgan fingerprint density at radius 1 is 0.977 bits per heavy atom. The molecule has 0 bridgehead atoms. The summed E-state index contributed by atoms with van der Waals surface area (Å²) in [7, 11) is 0. The zero-order chi connectivity index (χ0) is 30.8. The van der Waals surface area contributed by atoms with Crippen LogP contribution < -0.4 is 20.1 Å². The number of carbonyl (C=O) groups excluding carboxylic acids is 1. The fraction of sp³-hybridized carbons (Fsp3) is 0.323. The number of nitrogens with one attached hydrogen (secondary N) is 3. The highest BCUT2D eigenvalue weighted by atomic mass is 32.2. The summed E-state index contributed by atoms with van der Waals surface area (Å²) >= 11 is 1.59. The predicted molar refractivity (Wildman–Crippen MR) is 162 cm³/mol. The summed E-state index contributed by atoms with van der Waals surface area (Å²) in [6.45, 7) is 8.18. The van der Waals surface area contributed by atoms with Gasteiger partial charge in [0.2, 0.25) is 0 Å². The van der Waals surface area contributed by atoms with Crippen LogP contribution in [0, 0.1) is 6.92 Å². The zero-order valence-corrected chi connectivity index (χ0v) is 25.1. The monoisotopic (exact) mass is 612 g/mol. The third-order valence-electron chi connectivity index (χ3n) is 6.45. The number of halogens is 3. The van der Waals surface area contributed by atoms with Gasteiger partial charge in [-0.15, -0.1) is 18.3 Å². The molecule has 0 unspecified atom stereocenters. The summed E-state index contributed by atoms with van der Waals surface area (Å²) in [6.07, 6.45) is -1.66. The summed E-state index contributed by atoms with van der Waals surface area (Å²) in [4.78, 5) is 17.6. The van der Waals surface area contributed by atoms with E-state index in [4.69, 9.17) is 0 Å². The van der Waals surface area contributed by atoms with E-state index in [1.807, 2.05) is 24.3 Å². The maximum atomic E-state index is 12.4. The van der Waals surface area contributed by atoms with Crippen molar-refractivity contribution in [1.82, 2.24) is 30.1 Å². The largest absolute Gasteiger partial charge is 0.573 e. The zero-order valence-electron chi connectivity index (χ0n) is 24.2. The van der Waals surface area contributed by atoms with Crippen molar-refractivity contribution in [3.8, 4) is 22.8 Å². The van der Waals surface area contributed by atoms with Crippen LogP contribution in [0.3, 0.4) is 0 Å². The lowest BCUT2D eigenvalue weighted by Crippen LogP contribution is -2.38. The number of urea groups is 1. The molecule has 228 valence electrons. The molecule has 4 aromatic rings. The lowest BCUT2D eigenvalue weighted by Gasteiger charge is -2.14. The minimum atomic E-state index is -4.74. The van der Waals surface area contributed by atoms with Gasteiger partial charge in [-0.25, -0.2) is 14.5 Å². The van der Waals surface area contributed by atoms with Gasteiger partial charge in [0.15, 0.2) is 5.82 Å². The van der Waals surface area contributed by atoms with Gasteiger partial charge in [-0.05, 0) is 79.1 Å². The first-order chi connectivity index (χ1) is 20.6. The highest BCUT2D eigenvalue weighted by Gasteiger charge is 2.31. The van der Waals surface area contributed by atoms with Crippen molar-refractivity contribution in [2.24, 2.45) is 0 Å². The Labute approximate surface area is 253 Å². The summed E-state index contributed by atoms with van der Waals surface area (Å²) in [6, 6.07) is 19.5. The molecule has 0 aliphatic rings. The van der Waals surface area contributed by atoms with E-state index in [2.05, 4.69) is 69.1 Å². The van der Waals surface area contributed by atoms with Gasteiger partial charge in [-0.2, -0.15) is 0 Å². The van der Waals surface area contributed by atoms with Crippen molar-refractivity contribution in [2.75, 3.05) is 19.6 Å². The first-order valence-corrected chi connectivity index (χ1v) is 14.8. The van der Waals surface area contributed by atoms with E-state index in [0.29, 0.717) is 37.1 Å². The highest BCUT2D eigenvalue weighted by Crippen LogP contribution is 2.28. The summed E-state index contributed by atoms with van der Waals surface area (Å²) in [5, 5.41) is 10.2. The first-order valence-electron chi connectivity index (χ1n) is 14.0. The molecule has 1 aromatic heterocycles. The topological polar surface area (TPSA) is 93.1 Å². The lowest BCUT2D eigenvalue weighted by molar-refractivity contribution is -0.274. The Kier molecular flexibility index (Phi) is 11.1. The summed E-state index contributed by atoms with van der Waals surface area (Å²) < 4.78 is 45.8. The fourth-order valence-electron chi connectivity index (χ4n) is 4.27. The third-order valence-corrected chi connectivity index (χ3v) is 7.39. The second-order valence-corrected chi connectivity index (χ2v) is 11.2. The minimum Gasteiger partial charge on any atom is -0.406 e. The van der Waals surface area contributed by atoms with Crippen LogP contribution in [0.15, 0.2) is 78.0 Å². The van der Waals surface area contributed by atoms with Gasteiger partial charge in [0.25, 0.3) is 0 Å². The molecule has 4 rings (SSSR count). The van der Waals surface area contributed by atoms with E-state index < -0.39 is 6.36 Å². The maximum Gasteiger partial charge on any atom is 0.573 e. The molecule has 0 aliphatic carbocycles.